The number of pyridine rings is 2. The van der Waals surface area contributed by atoms with Gasteiger partial charge in [-0.15, -0.1) is 0 Å². The number of hydrogen-bond donors (Lipinski definition) is 2. The van der Waals surface area contributed by atoms with Gasteiger partial charge in [0.1, 0.15) is 5.52 Å². The molecule has 0 aliphatic heterocycles. The van der Waals surface area contributed by atoms with Crippen molar-refractivity contribution in [3.63, 3.8) is 0 Å². The maximum absolute atomic E-state index is 10.8. The number of aromatic nitrogens is 2. The van der Waals surface area contributed by atoms with Gasteiger partial charge in [-0.2, -0.15) is 0 Å². The quantitative estimate of drug-likeness (QED) is 0.732. The van der Waals surface area contributed by atoms with Gasteiger partial charge in [-0.3, -0.25) is 10.3 Å². The van der Waals surface area contributed by atoms with E-state index in [4.69, 9.17) is 5.11 Å². The van der Waals surface area contributed by atoms with Gasteiger partial charge in [-0.1, -0.05) is 28.1 Å². The highest BCUT2D eigenvalue weighted by atomic mass is 79.9. The third-order valence-corrected chi connectivity index (χ3v) is 3.44. The largest absolute Gasteiger partial charge is 0.465 e. The van der Waals surface area contributed by atoms with Crippen molar-refractivity contribution in [3.05, 3.63) is 53.1 Å². The van der Waals surface area contributed by atoms with Crippen molar-refractivity contribution >= 4 is 38.7 Å². The van der Waals surface area contributed by atoms with Gasteiger partial charge in [0.05, 0.1) is 16.9 Å². The van der Waals surface area contributed by atoms with Gasteiger partial charge in [-0.05, 0) is 30.3 Å². The Hall–Kier alpha value is -2.47. The Labute approximate surface area is 128 Å². The van der Waals surface area contributed by atoms with Gasteiger partial charge in [0.25, 0.3) is 0 Å². The Balaban J connectivity index is 2.16. The predicted octanol–water partition coefficient (Wildman–Crippen LogP) is 4.15. The van der Waals surface area contributed by atoms with Crippen molar-refractivity contribution in [1.29, 1.82) is 0 Å². The monoisotopic (exact) mass is 343 g/mol. The van der Waals surface area contributed by atoms with Crippen molar-refractivity contribution in [3.8, 4) is 11.3 Å². The second-order valence-electron chi connectivity index (χ2n) is 4.36. The Morgan fingerprint density at radius 1 is 1.19 bits per heavy atom. The van der Waals surface area contributed by atoms with Gasteiger partial charge in [0.2, 0.25) is 0 Å². The highest BCUT2D eigenvalue weighted by Gasteiger charge is 2.08. The summed E-state index contributed by atoms with van der Waals surface area (Å²) in [7, 11) is 0. The maximum Gasteiger partial charge on any atom is 0.409 e. The number of hydrogen-bond acceptors (Lipinski definition) is 3. The van der Waals surface area contributed by atoms with E-state index in [1.807, 2.05) is 36.4 Å². The number of anilines is 1. The van der Waals surface area contributed by atoms with Gasteiger partial charge < -0.3 is 5.11 Å². The summed E-state index contributed by atoms with van der Waals surface area (Å²) in [6.45, 7) is 0. The lowest BCUT2D eigenvalue weighted by molar-refractivity contribution is 0.210. The number of benzene rings is 1. The minimum atomic E-state index is -1.13. The van der Waals surface area contributed by atoms with Gasteiger partial charge in [0, 0.05) is 16.2 Å². The highest BCUT2D eigenvalue weighted by molar-refractivity contribution is 9.10. The lowest BCUT2D eigenvalue weighted by atomic mass is 10.1. The van der Waals surface area contributed by atoms with Crippen molar-refractivity contribution in [2.45, 2.75) is 0 Å². The van der Waals surface area contributed by atoms with E-state index in [-0.39, 0.29) is 0 Å². The average molecular weight is 344 g/mol. The topological polar surface area (TPSA) is 75.1 Å². The first kappa shape index (κ1) is 13.5. The fourth-order valence-corrected chi connectivity index (χ4v) is 2.45. The summed E-state index contributed by atoms with van der Waals surface area (Å²) in [5.41, 5.74) is 3.28. The van der Waals surface area contributed by atoms with Crippen LogP contribution in [0.5, 0.6) is 0 Å². The molecule has 21 heavy (non-hydrogen) atoms. The van der Waals surface area contributed by atoms with Crippen LogP contribution >= 0.6 is 15.9 Å². The van der Waals surface area contributed by atoms with E-state index in [0.717, 1.165) is 15.7 Å². The fraction of sp³-hybridized carbons (Fsp3) is 0. The van der Waals surface area contributed by atoms with Crippen LogP contribution in [0.3, 0.4) is 0 Å². The van der Waals surface area contributed by atoms with Crippen LogP contribution in [-0.4, -0.2) is 21.2 Å². The Bertz CT molecular complexity index is 836. The number of rotatable bonds is 2. The molecule has 0 saturated heterocycles. The number of fused-ring (bicyclic) bond motifs is 1. The van der Waals surface area contributed by atoms with Crippen LogP contribution in [0.1, 0.15) is 0 Å². The van der Waals surface area contributed by atoms with Gasteiger partial charge in [-0.25, -0.2) is 9.78 Å². The molecule has 0 saturated carbocycles. The number of amides is 1. The van der Waals surface area contributed by atoms with E-state index in [9.17, 15) is 4.79 Å². The third-order valence-electron chi connectivity index (χ3n) is 2.95. The van der Waals surface area contributed by atoms with E-state index < -0.39 is 6.09 Å². The lowest BCUT2D eigenvalue weighted by Gasteiger charge is -2.07. The van der Waals surface area contributed by atoms with Crippen LogP contribution < -0.4 is 5.32 Å². The van der Waals surface area contributed by atoms with Crippen molar-refractivity contribution in [1.82, 2.24) is 9.97 Å². The molecule has 104 valence electrons. The fourth-order valence-electron chi connectivity index (χ4n) is 2.05. The molecule has 2 heterocycles. The standard InChI is InChI=1S/C15H10BrN3O2/c16-10-3-1-2-9(8-10)11-4-5-12-14(18-11)13(6-7-17-12)19-15(20)21/h1-8H,(H,17,19)(H,20,21). The SMILES string of the molecule is O=C(O)Nc1ccnc2ccc(-c3cccc(Br)c3)nc12. The van der Waals surface area contributed by atoms with E-state index in [1.54, 1.807) is 12.3 Å². The molecule has 2 N–H and O–H groups in total. The zero-order valence-electron chi connectivity index (χ0n) is 10.7. The lowest BCUT2D eigenvalue weighted by Crippen LogP contribution is -2.08. The Kier molecular flexibility index (Phi) is 3.53. The number of carboxylic acid groups (broad SMARTS) is 1. The molecule has 0 aliphatic rings. The first-order valence-electron chi connectivity index (χ1n) is 6.15. The van der Waals surface area contributed by atoms with Gasteiger partial charge in [0.15, 0.2) is 0 Å². The van der Waals surface area contributed by atoms with Crippen molar-refractivity contribution in [2.75, 3.05) is 5.32 Å². The molecule has 0 atom stereocenters. The average Bonchev–Trinajstić information content (AvgIpc) is 2.47. The van der Waals surface area contributed by atoms with Crippen LogP contribution in [0.25, 0.3) is 22.3 Å². The second kappa shape index (κ2) is 5.49. The summed E-state index contributed by atoms with van der Waals surface area (Å²) in [5.74, 6) is 0. The highest BCUT2D eigenvalue weighted by Crippen LogP contribution is 2.26. The first-order valence-corrected chi connectivity index (χ1v) is 6.94. The second-order valence-corrected chi connectivity index (χ2v) is 5.28. The summed E-state index contributed by atoms with van der Waals surface area (Å²) < 4.78 is 0.956. The smallest absolute Gasteiger partial charge is 0.409 e. The molecule has 2 aromatic heterocycles. The zero-order chi connectivity index (χ0) is 14.8. The third kappa shape index (κ3) is 2.85. The normalized spacial score (nSPS) is 10.5. The molecular weight excluding hydrogens is 334 g/mol. The summed E-state index contributed by atoms with van der Waals surface area (Å²) in [6.07, 6.45) is 0.422. The molecular formula is C15H10BrN3O2. The summed E-state index contributed by atoms with van der Waals surface area (Å²) in [5, 5.41) is 11.2. The molecule has 5 nitrogen and oxygen atoms in total. The molecule has 1 aromatic carbocycles. The van der Waals surface area contributed by atoms with Gasteiger partial charge >= 0.3 is 6.09 Å². The van der Waals surface area contributed by atoms with Crippen LogP contribution in [0.15, 0.2) is 53.1 Å². The maximum atomic E-state index is 10.8. The van der Waals surface area contributed by atoms with Crippen LogP contribution in [0.4, 0.5) is 10.5 Å². The number of nitrogens with one attached hydrogen (secondary N) is 1. The van der Waals surface area contributed by atoms with E-state index in [1.165, 1.54) is 0 Å². The summed E-state index contributed by atoms with van der Waals surface area (Å²) >= 11 is 3.43. The predicted molar refractivity (Wildman–Crippen MR) is 84.3 cm³/mol. The molecule has 0 fully saturated rings. The minimum absolute atomic E-state index is 0.421. The molecule has 0 bridgehead atoms. The Morgan fingerprint density at radius 3 is 2.81 bits per heavy atom. The molecule has 0 radical (unpaired) electrons. The molecule has 6 heteroatoms. The van der Waals surface area contributed by atoms with Crippen molar-refractivity contribution in [2.24, 2.45) is 0 Å². The molecule has 3 rings (SSSR count). The summed E-state index contributed by atoms with van der Waals surface area (Å²) in [6, 6.07) is 13.0. The van der Waals surface area contributed by atoms with Crippen LogP contribution in [0.2, 0.25) is 0 Å². The minimum Gasteiger partial charge on any atom is -0.465 e. The molecule has 0 spiro atoms. The van der Waals surface area contributed by atoms with E-state index in [2.05, 4.69) is 31.2 Å². The molecule has 0 aliphatic carbocycles. The summed E-state index contributed by atoms with van der Waals surface area (Å²) in [4.78, 5) is 19.6. The molecule has 1 amide bonds. The molecule has 3 aromatic rings. The zero-order valence-corrected chi connectivity index (χ0v) is 12.3. The van der Waals surface area contributed by atoms with Crippen LogP contribution in [0, 0.1) is 0 Å². The molecule has 0 unspecified atom stereocenters. The van der Waals surface area contributed by atoms with Crippen molar-refractivity contribution < 1.29 is 9.90 Å². The number of nitrogens with zero attached hydrogens (tertiary/aromatic N) is 2. The first-order chi connectivity index (χ1) is 10.1. The van der Waals surface area contributed by atoms with E-state index in [0.29, 0.717) is 16.7 Å². The Morgan fingerprint density at radius 2 is 2.05 bits per heavy atom. The van der Waals surface area contributed by atoms with E-state index >= 15 is 0 Å². The number of halogens is 1. The van der Waals surface area contributed by atoms with Crippen LogP contribution in [-0.2, 0) is 0 Å². The number of carbonyl (C=O) groups is 1.